The molecule has 2 aromatic carbocycles. The lowest BCUT2D eigenvalue weighted by atomic mass is 10.1. The van der Waals surface area contributed by atoms with Gasteiger partial charge in [0.2, 0.25) is 0 Å². The van der Waals surface area contributed by atoms with E-state index in [1.54, 1.807) is 24.3 Å². The first-order valence-electron chi connectivity index (χ1n) is 6.24. The summed E-state index contributed by atoms with van der Waals surface area (Å²) in [6.45, 7) is 0.205. The molecule has 0 saturated carbocycles. The first kappa shape index (κ1) is 13.5. The van der Waals surface area contributed by atoms with Gasteiger partial charge < -0.3 is 10.1 Å². The van der Waals surface area contributed by atoms with E-state index in [-0.39, 0.29) is 6.61 Å². The number of hydrogen-bond acceptors (Lipinski definition) is 2. The fourth-order valence-corrected chi connectivity index (χ4v) is 2.22. The largest absolute Gasteiger partial charge is 0.491 e. The molecule has 21 heavy (non-hydrogen) atoms. The highest BCUT2D eigenvalue weighted by Gasteiger charge is 2.27. The molecule has 2 aromatic rings. The third-order valence-corrected chi connectivity index (χ3v) is 3.29. The summed E-state index contributed by atoms with van der Waals surface area (Å²) >= 11 is 0. The minimum atomic E-state index is -1.66. The molecule has 0 radical (unpaired) electrons. The average Bonchev–Trinajstić information content (AvgIpc) is 2.88. The molecule has 0 spiro atoms. The van der Waals surface area contributed by atoms with Gasteiger partial charge in [0, 0.05) is 5.56 Å². The minimum absolute atomic E-state index is 0.205. The van der Waals surface area contributed by atoms with Crippen LogP contribution in [0.5, 0.6) is 5.75 Å². The van der Waals surface area contributed by atoms with E-state index in [4.69, 9.17) is 4.74 Å². The molecule has 3 nitrogen and oxygen atoms in total. The number of rotatable bonds is 2. The molecular weight excluding hydrogens is 283 g/mol. The van der Waals surface area contributed by atoms with E-state index in [2.05, 4.69) is 5.32 Å². The van der Waals surface area contributed by atoms with Crippen LogP contribution in [0.4, 0.5) is 13.2 Å². The fraction of sp³-hybridized carbons (Fsp3) is 0.133. The SMILES string of the molecule is O=C(NC1COc2ccccc21)c1ccc(F)c(F)c1F. The van der Waals surface area contributed by atoms with Crippen molar-refractivity contribution < 1.29 is 22.7 Å². The number of para-hydroxylation sites is 1. The van der Waals surface area contributed by atoms with Crippen molar-refractivity contribution in [2.24, 2.45) is 0 Å². The molecule has 1 atom stereocenters. The third-order valence-electron chi connectivity index (χ3n) is 3.29. The van der Waals surface area contributed by atoms with Gasteiger partial charge in [-0.3, -0.25) is 4.79 Å². The van der Waals surface area contributed by atoms with Gasteiger partial charge in [0.1, 0.15) is 12.4 Å². The van der Waals surface area contributed by atoms with Crippen LogP contribution in [-0.2, 0) is 0 Å². The zero-order valence-electron chi connectivity index (χ0n) is 10.7. The summed E-state index contributed by atoms with van der Waals surface area (Å²) in [4.78, 5) is 12.0. The highest BCUT2D eigenvalue weighted by Crippen LogP contribution is 2.31. The summed E-state index contributed by atoms with van der Waals surface area (Å²) in [6, 6.07) is 8.26. The van der Waals surface area contributed by atoms with Crippen LogP contribution in [0.15, 0.2) is 36.4 Å². The van der Waals surface area contributed by atoms with Crippen molar-refractivity contribution in [1.29, 1.82) is 0 Å². The van der Waals surface area contributed by atoms with Crippen molar-refractivity contribution in [3.8, 4) is 5.75 Å². The quantitative estimate of drug-likeness (QED) is 0.865. The third kappa shape index (κ3) is 2.33. The Labute approximate surface area is 118 Å². The highest BCUT2D eigenvalue weighted by atomic mass is 19.2. The molecule has 108 valence electrons. The fourth-order valence-electron chi connectivity index (χ4n) is 2.22. The highest BCUT2D eigenvalue weighted by molar-refractivity contribution is 5.94. The van der Waals surface area contributed by atoms with Crippen molar-refractivity contribution in [1.82, 2.24) is 5.32 Å². The maximum absolute atomic E-state index is 13.6. The summed E-state index contributed by atoms with van der Waals surface area (Å²) in [5.41, 5.74) is 0.215. The molecule has 0 saturated heterocycles. The molecule has 0 aromatic heterocycles. The van der Waals surface area contributed by atoms with Gasteiger partial charge in [-0.1, -0.05) is 18.2 Å². The predicted octanol–water partition coefficient (Wildman–Crippen LogP) is 2.97. The van der Waals surface area contributed by atoms with E-state index in [0.29, 0.717) is 11.8 Å². The van der Waals surface area contributed by atoms with Crippen LogP contribution in [0.1, 0.15) is 22.0 Å². The summed E-state index contributed by atoms with van der Waals surface area (Å²) < 4.78 is 45.0. The predicted molar refractivity (Wildman–Crippen MR) is 68.5 cm³/mol. The first-order valence-corrected chi connectivity index (χ1v) is 6.24. The molecule has 1 heterocycles. The number of benzene rings is 2. The molecule has 3 rings (SSSR count). The normalized spacial score (nSPS) is 16.2. The number of halogens is 3. The second-order valence-electron chi connectivity index (χ2n) is 4.60. The Kier molecular flexibility index (Phi) is 3.29. The van der Waals surface area contributed by atoms with Crippen molar-refractivity contribution in [3.05, 3.63) is 65.0 Å². The van der Waals surface area contributed by atoms with Crippen molar-refractivity contribution >= 4 is 5.91 Å². The smallest absolute Gasteiger partial charge is 0.254 e. The summed E-state index contributed by atoms with van der Waals surface area (Å²) in [6.07, 6.45) is 0. The Hall–Kier alpha value is -2.50. The van der Waals surface area contributed by atoms with E-state index in [0.717, 1.165) is 11.6 Å². The molecule has 1 N–H and O–H groups in total. The molecule has 0 bridgehead atoms. The molecule has 1 unspecified atom stereocenters. The van der Waals surface area contributed by atoms with Crippen LogP contribution >= 0.6 is 0 Å². The topological polar surface area (TPSA) is 38.3 Å². The average molecular weight is 293 g/mol. The van der Waals surface area contributed by atoms with Gasteiger partial charge in [0.05, 0.1) is 11.6 Å². The number of amides is 1. The van der Waals surface area contributed by atoms with Crippen LogP contribution in [0.2, 0.25) is 0 Å². The summed E-state index contributed by atoms with van der Waals surface area (Å²) in [5, 5.41) is 2.55. The lowest BCUT2D eigenvalue weighted by molar-refractivity contribution is 0.0925. The Bertz CT molecular complexity index is 718. The van der Waals surface area contributed by atoms with E-state index in [9.17, 15) is 18.0 Å². The van der Waals surface area contributed by atoms with E-state index >= 15 is 0 Å². The van der Waals surface area contributed by atoms with Crippen LogP contribution in [0.3, 0.4) is 0 Å². The Morgan fingerprint density at radius 1 is 1.10 bits per heavy atom. The lowest BCUT2D eigenvalue weighted by Crippen LogP contribution is -2.30. The van der Waals surface area contributed by atoms with Gasteiger partial charge in [-0.05, 0) is 18.2 Å². The van der Waals surface area contributed by atoms with Crippen LogP contribution in [0, 0.1) is 17.5 Å². The second kappa shape index (κ2) is 5.12. The van der Waals surface area contributed by atoms with Crippen molar-refractivity contribution in [3.63, 3.8) is 0 Å². The van der Waals surface area contributed by atoms with Gasteiger partial charge in [-0.25, -0.2) is 13.2 Å². The zero-order valence-corrected chi connectivity index (χ0v) is 10.7. The number of nitrogens with one attached hydrogen (secondary N) is 1. The molecule has 1 amide bonds. The first-order chi connectivity index (χ1) is 10.1. The molecule has 1 aliphatic heterocycles. The zero-order chi connectivity index (χ0) is 15.0. The van der Waals surface area contributed by atoms with Gasteiger partial charge in [0.15, 0.2) is 17.5 Å². The van der Waals surface area contributed by atoms with Gasteiger partial charge >= 0.3 is 0 Å². The lowest BCUT2D eigenvalue weighted by Gasteiger charge is -2.12. The number of carbonyl (C=O) groups excluding carboxylic acids is 1. The number of fused-ring (bicyclic) bond motifs is 1. The van der Waals surface area contributed by atoms with Crippen LogP contribution in [0.25, 0.3) is 0 Å². The van der Waals surface area contributed by atoms with Crippen LogP contribution < -0.4 is 10.1 Å². The van der Waals surface area contributed by atoms with Crippen molar-refractivity contribution in [2.45, 2.75) is 6.04 Å². The van der Waals surface area contributed by atoms with E-state index in [1.165, 1.54) is 0 Å². The van der Waals surface area contributed by atoms with Gasteiger partial charge in [-0.15, -0.1) is 0 Å². The second-order valence-corrected chi connectivity index (χ2v) is 4.60. The van der Waals surface area contributed by atoms with Gasteiger partial charge in [-0.2, -0.15) is 0 Å². The van der Waals surface area contributed by atoms with E-state index < -0.39 is 35.0 Å². The molecule has 6 heteroatoms. The Morgan fingerprint density at radius 2 is 1.86 bits per heavy atom. The maximum atomic E-state index is 13.6. The summed E-state index contributed by atoms with van der Waals surface area (Å²) in [7, 11) is 0. The monoisotopic (exact) mass is 293 g/mol. The number of carbonyl (C=O) groups is 1. The summed E-state index contributed by atoms with van der Waals surface area (Å²) in [5.74, 6) is -4.69. The van der Waals surface area contributed by atoms with Gasteiger partial charge in [0.25, 0.3) is 5.91 Å². The molecular formula is C15H10F3NO2. The molecule has 1 aliphatic rings. The van der Waals surface area contributed by atoms with Crippen LogP contribution in [-0.4, -0.2) is 12.5 Å². The molecule has 0 aliphatic carbocycles. The van der Waals surface area contributed by atoms with E-state index in [1.807, 2.05) is 0 Å². The standard InChI is InChI=1S/C15H10F3NO2/c16-10-6-5-9(13(17)14(10)18)15(20)19-11-7-21-12-4-2-1-3-8(11)12/h1-6,11H,7H2,(H,19,20). The molecule has 0 fully saturated rings. The number of hydrogen-bond donors (Lipinski definition) is 1. The number of ether oxygens (including phenoxy) is 1. The Balaban J connectivity index is 1.84. The Morgan fingerprint density at radius 3 is 2.67 bits per heavy atom. The minimum Gasteiger partial charge on any atom is -0.491 e. The maximum Gasteiger partial charge on any atom is 0.254 e. The van der Waals surface area contributed by atoms with Crippen molar-refractivity contribution in [2.75, 3.05) is 6.61 Å².